The predicted octanol–water partition coefficient (Wildman–Crippen LogP) is 3.05. The molecule has 1 amide bonds. The standard InChI is InChI=1S/C21H21FN4O4S2/c1-14-18(20(31-2)24-19(23-14)17-7-4-12-30-17)21(27)25-8-10-26(11-9-25)32(28,29)16-6-3-5-15(22)13-16/h3-7,12-13H,8-11H2,1-2H3. The maximum Gasteiger partial charge on any atom is 0.258 e. The van der Waals surface area contributed by atoms with Crippen molar-refractivity contribution in [3.8, 4) is 11.6 Å². The van der Waals surface area contributed by atoms with Gasteiger partial charge in [0.15, 0.2) is 11.6 Å². The van der Waals surface area contributed by atoms with Gasteiger partial charge in [-0.3, -0.25) is 4.79 Å². The molecule has 0 atom stereocenters. The molecule has 168 valence electrons. The average molecular weight is 477 g/mol. The van der Waals surface area contributed by atoms with E-state index in [0.29, 0.717) is 27.9 Å². The van der Waals surface area contributed by atoms with Crippen LogP contribution in [0, 0.1) is 12.7 Å². The Labute approximate surface area is 189 Å². The van der Waals surface area contributed by atoms with Crippen molar-refractivity contribution >= 4 is 27.7 Å². The number of sulfonamides is 1. The van der Waals surface area contributed by atoms with Gasteiger partial charge >= 0.3 is 0 Å². The zero-order chi connectivity index (χ0) is 22.9. The molecule has 1 fully saturated rings. The van der Waals surface area contributed by atoms with E-state index in [1.807, 2.05) is 6.26 Å². The second-order valence-electron chi connectivity index (χ2n) is 7.15. The summed E-state index contributed by atoms with van der Waals surface area (Å²) < 4.78 is 45.8. The molecule has 11 heteroatoms. The van der Waals surface area contributed by atoms with Gasteiger partial charge in [-0.15, -0.1) is 11.8 Å². The minimum Gasteiger partial charge on any atom is -0.461 e. The van der Waals surface area contributed by atoms with Crippen LogP contribution in [0.15, 0.2) is 57.0 Å². The van der Waals surface area contributed by atoms with Crippen molar-refractivity contribution in [3.63, 3.8) is 0 Å². The van der Waals surface area contributed by atoms with Crippen LogP contribution in [-0.4, -0.2) is 65.9 Å². The Morgan fingerprint density at radius 3 is 2.50 bits per heavy atom. The van der Waals surface area contributed by atoms with Crippen LogP contribution in [0.3, 0.4) is 0 Å². The van der Waals surface area contributed by atoms with E-state index < -0.39 is 15.8 Å². The summed E-state index contributed by atoms with van der Waals surface area (Å²) in [5.41, 5.74) is 0.921. The van der Waals surface area contributed by atoms with Gasteiger partial charge < -0.3 is 9.32 Å². The summed E-state index contributed by atoms with van der Waals surface area (Å²) >= 11 is 1.33. The molecule has 3 heterocycles. The third-order valence-corrected chi connectivity index (χ3v) is 7.74. The molecule has 0 radical (unpaired) electrons. The molecule has 8 nitrogen and oxygen atoms in total. The summed E-state index contributed by atoms with van der Waals surface area (Å²) in [6.07, 6.45) is 3.36. The summed E-state index contributed by atoms with van der Waals surface area (Å²) in [7, 11) is -3.83. The van der Waals surface area contributed by atoms with E-state index >= 15 is 0 Å². The highest BCUT2D eigenvalue weighted by atomic mass is 32.2. The van der Waals surface area contributed by atoms with E-state index in [4.69, 9.17) is 4.42 Å². The number of aryl methyl sites for hydroxylation is 1. The van der Waals surface area contributed by atoms with Gasteiger partial charge in [-0.25, -0.2) is 22.8 Å². The molecule has 1 saturated heterocycles. The largest absolute Gasteiger partial charge is 0.461 e. The molecule has 0 N–H and O–H groups in total. The van der Waals surface area contributed by atoms with Gasteiger partial charge in [0.25, 0.3) is 5.91 Å². The van der Waals surface area contributed by atoms with E-state index in [2.05, 4.69) is 9.97 Å². The minimum absolute atomic E-state index is 0.0975. The smallest absolute Gasteiger partial charge is 0.258 e. The van der Waals surface area contributed by atoms with Gasteiger partial charge in [0.2, 0.25) is 10.0 Å². The number of hydrogen-bond acceptors (Lipinski definition) is 7. The maximum atomic E-state index is 13.5. The fourth-order valence-corrected chi connectivity index (χ4v) is 5.59. The highest BCUT2D eigenvalue weighted by Gasteiger charge is 2.32. The SMILES string of the molecule is CSc1nc(-c2ccco2)nc(C)c1C(=O)N1CCN(S(=O)(=O)c2cccc(F)c2)CC1. The number of hydrogen-bond donors (Lipinski definition) is 0. The Balaban J connectivity index is 1.52. The lowest BCUT2D eigenvalue weighted by atomic mass is 10.2. The Hall–Kier alpha value is -2.76. The van der Waals surface area contributed by atoms with Crippen LogP contribution in [0.2, 0.25) is 0 Å². The lowest BCUT2D eigenvalue weighted by Gasteiger charge is -2.34. The lowest BCUT2D eigenvalue weighted by Crippen LogP contribution is -2.50. The van der Waals surface area contributed by atoms with Crippen LogP contribution in [0.1, 0.15) is 16.1 Å². The number of thioether (sulfide) groups is 1. The third-order valence-electron chi connectivity index (χ3n) is 5.17. The number of nitrogens with zero attached hydrogens (tertiary/aromatic N) is 4. The van der Waals surface area contributed by atoms with E-state index in [0.717, 1.165) is 6.07 Å². The molecule has 4 rings (SSSR count). The topological polar surface area (TPSA) is 96.6 Å². The van der Waals surface area contributed by atoms with Gasteiger partial charge in [0, 0.05) is 26.2 Å². The molecule has 0 unspecified atom stereocenters. The van der Waals surface area contributed by atoms with Crippen LogP contribution < -0.4 is 0 Å². The zero-order valence-electron chi connectivity index (χ0n) is 17.5. The van der Waals surface area contributed by atoms with Crippen molar-refractivity contribution in [3.05, 3.63) is 59.7 Å². The van der Waals surface area contributed by atoms with E-state index in [1.54, 1.807) is 24.0 Å². The number of furan rings is 1. The second-order valence-corrected chi connectivity index (χ2v) is 9.88. The van der Waals surface area contributed by atoms with E-state index in [-0.39, 0.29) is 37.0 Å². The molecule has 3 aromatic rings. The number of benzene rings is 1. The van der Waals surface area contributed by atoms with Crippen molar-refractivity contribution in [2.75, 3.05) is 32.4 Å². The molecule has 0 spiro atoms. The van der Waals surface area contributed by atoms with E-state index in [1.165, 1.54) is 40.5 Å². The Bertz CT molecular complexity index is 1240. The first-order valence-electron chi connectivity index (χ1n) is 9.82. The molecule has 0 saturated carbocycles. The number of carbonyl (C=O) groups is 1. The van der Waals surface area contributed by atoms with E-state index in [9.17, 15) is 17.6 Å². The molecular weight excluding hydrogens is 455 g/mol. The summed E-state index contributed by atoms with van der Waals surface area (Å²) in [4.78, 5) is 23.7. The summed E-state index contributed by atoms with van der Waals surface area (Å²) in [6.45, 7) is 2.39. The van der Waals surface area contributed by atoms with Crippen molar-refractivity contribution in [1.29, 1.82) is 0 Å². The summed E-state index contributed by atoms with van der Waals surface area (Å²) in [5, 5.41) is 0.531. The molecule has 2 aromatic heterocycles. The Morgan fingerprint density at radius 2 is 1.88 bits per heavy atom. The number of rotatable bonds is 5. The summed E-state index contributed by atoms with van der Waals surface area (Å²) in [5.74, 6) is 0.0524. The highest BCUT2D eigenvalue weighted by Crippen LogP contribution is 2.27. The number of amides is 1. The number of piperazine rings is 1. The van der Waals surface area contributed by atoms with Gasteiger partial charge in [0.05, 0.1) is 22.4 Å². The number of halogens is 1. The summed E-state index contributed by atoms with van der Waals surface area (Å²) in [6, 6.07) is 8.41. The van der Waals surface area contributed by atoms with Gasteiger partial charge in [-0.05, 0) is 43.5 Å². The molecule has 1 aromatic carbocycles. The van der Waals surface area contributed by atoms with Crippen LogP contribution in [0.4, 0.5) is 4.39 Å². The fraction of sp³-hybridized carbons (Fsp3) is 0.286. The zero-order valence-corrected chi connectivity index (χ0v) is 19.1. The Kier molecular flexibility index (Phi) is 6.31. The molecule has 32 heavy (non-hydrogen) atoms. The van der Waals surface area contributed by atoms with Crippen LogP contribution >= 0.6 is 11.8 Å². The van der Waals surface area contributed by atoms with Crippen LogP contribution in [-0.2, 0) is 10.0 Å². The minimum atomic E-state index is -3.83. The first-order chi connectivity index (χ1) is 15.3. The molecule has 0 aliphatic carbocycles. The third kappa shape index (κ3) is 4.27. The van der Waals surface area contributed by atoms with Crippen molar-refractivity contribution in [2.45, 2.75) is 16.8 Å². The molecule has 1 aliphatic heterocycles. The second kappa shape index (κ2) is 9.00. The normalized spacial score (nSPS) is 15.2. The monoisotopic (exact) mass is 476 g/mol. The molecular formula is C21H21FN4O4S2. The predicted molar refractivity (Wildman–Crippen MR) is 117 cm³/mol. The van der Waals surface area contributed by atoms with Crippen LogP contribution in [0.5, 0.6) is 0 Å². The van der Waals surface area contributed by atoms with Crippen molar-refractivity contribution in [2.24, 2.45) is 0 Å². The van der Waals surface area contributed by atoms with Crippen molar-refractivity contribution in [1.82, 2.24) is 19.2 Å². The first kappa shape index (κ1) is 22.4. The lowest BCUT2D eigenvalue weighted by molar-refractivity contribution is 0.0692. The Morgan fingerprint density at radius 1 is 1.12 bits per heavy atom. The molecule has 1 aliphatic rings. The molecule has 0 bridgehead atoms. The first-order valence-corrected chi connectivity index (χ1v) is 12.5. The number of aromatic nitrogens is 2. The fourth-order valence-electron chi connectivity index (χ4n) is 3.52. The highest BCUT2D eigenvalue weighted by molar-refractivity contribution is 7.98. The van der Waals surface area contributed by atoms with Gasteiger partial charge in [0.1, 0.15) is 10.8 Å². The van der Waals surface area contributed by atoms with Gasteiger partial charge in [-0.2, -0.15) is 4.31 Å². The maximum absolute atomic E-state index is 13.5. The van der Waals surface area contributed by atoms with Crippen molar-refractivity contribution < 1.29 is 22.0 Å². The van der Waals surface area contributed by atoms with Crippen LogP contribution in [0.25, 0.3) is 11.6 Å². The average Bonchev–Trinajstić information content (AvgIpc) is 3.33. The van der Waals surface area contributed by atoms with Gasteiger partial charge in [-0.1, -0.05) is 6.07 Å². The number of carbonyl (C=O) groups excluding carboxylic acids is 1. The quantitative estimate of drug-likeness (QED) is 0.412.